The standard InChI is InChI=1S/C12H9ClN4/c1-17(12-6-11(13)15-8-16-12)10-4-2-3-9(5-10)7-14/h2-6,8H,1H3. The minimum Gasteiger partial charge on any atom is -0.329 e. The van der Waals surface area contributed by atoms with Crippen molar-refractivity contribution in [2.24, 2.45) is 0 Å². The number of nitrogens with zero attached hydrogens (tertiary/aromatic N) is 4. The Morgan fingerprint density at radius 3 is 2.82 bits per heavy atom. The molecule has 1 aromatic heterocycles. The van der Waals surface area contributed by atoms with Crippen LogP contribution in [0.5, 0.6) is 0 Å². The van der Waals surface area contributed by atoms with Gasteiger partial charge >= 0.3 is 0 Å². The van der Waals surface area contributed by atoms with Crippen molar-refractivity contribution in [3.63, 3.8) is 0 Å². The van der Waals surface area contributed by atoms with Crippen LogP contribution in [0.4, 0.5) is 11.5 Å². The number of aromatic nitrogens is 2. The number of benzene rings is 1. The smallest absolute Gasteiger partial charge is 0.137 e. The van der Waals surface area contributed by atoms with Gasteiger partial charge in [-0.2, -0.15) is 5.26 Å². The van der Waals surface area contributed by atoms with E-state index < -0.39 is 0 Å². The maximum Gasteiger partial charge on any atom is 0.137 e. The zero-order valence-electron chi connectivity index (χ0n) is 9.13. The summed E-state index contributed by atoms with van der Waals surface area (Å²) in [7, 11) is 1.86. The van der Waals surface area contributed by atoms with Gasteiger partial charge in [0.2, 0.25) is 0 Å². The fourth-order valence-corrected chi connectivity index (χ4v) is 1.57. The molecule has 1 aromatic carbocycles. The van der Waals surface area contributed by atoms with Crippen LogP contribution < -0.4 is 4.90 Å². The van der Waals surface area contributed by atoms with E-state index in [9.17, 15) is 0 Å². The molecule has 0 unspecified atom stereocenters. The molecule has 0 atom stereocenters. The van der Waals surface area contributed by atoms with Gasteiger partial charge in [-0.3, -0.25) is 0 Å². The molecule has 84 valence electrons. The van der Waals surface area contributed by atoms with E-state index in [1.807, 2.05) is 24.1 Å². The third-order valence-corrected chi connectivity index (χ3v) is 2.53. The van der Waals surface area contributed by atoms with E-state index >= 15 is 0 Å². The van der Waals surface area contributed by atoms with E-state index in [0.29, 0.717) is 16.5 Å². The van der Waals surface area contributed by atoms with Gasteiger partial charge in [0.1, 0.15) is 17.3 Å². The van der Waals surface area contributed by atoms with E-state index in [1.165, 1.54) is 6.33 Å². The summed E-state index contributed by atoms with van der Waals surface area (Å²) in [6.07, 6.45) is 1.41. The fraction of sp³-hybridized carbons (Fsp3) is 0.0833. The van der Waals surface area contributed by atoms with Crippen molar-refractivity contribution in [3.8, 4) is 6.07 Å². The first-order chi connectivity index (χ1) is 8.20. The molecule has 17 heavy (non-hydrogen) atoms. The Labute approximate surface area is 104 Å². The molecule has 4 nitrogen and oxygen atoms in total. The van der Waals surface area contributed by atoms with E-state index in [4.69, 9.17) is 16.9 Å². The lowest BCUT2D eigenvalue weighted by Gasteiger charge is -2.18. The van der Waals surface area contributed by atoms with E-state index in [2.05, 4.69) is 16.0 Å². The predicted octanol–water partition coefficient (Wildman–Crippen LogP) is 2.77. The van der Waals surface area contributed by atoms with Crippen LogP contribution in [0.3, 0.4) is 0 Å². The molecule has 2 aromatic rings. The highest BCUT2D eigenvalue weighted by atomic mass is 35.5. The highest BCUT2D eigenvalue weighted by molar-refractivity contribution is 6.29. The van der Waals surface area contributed by atoms with Crippen LogP contribution in [0, 0.1) is 11.3 Å². The van der Waals surface area contributed by atoms with Crippen molar-refractivity contribution in [2.45, 2.75) is 0 Å². The van der Waals surface area contributed by atoms with Crippen LogP contribution >= 0.6 is 11.6 Å². The molecule has 0 saturated carbocycles. The minimum atomic E-state index is 0.387. The molecule has 5 heteroatoms. The number of hydrogen-bond donors (Lipinski definition) is 0. The highest BCUT2D eigenvalue weighted by Gasteiger charge is 2.06. The summed E-state index contributed by atoms with van der Waals surface area (Å²) >= 11 is 5.80. The van der Waals surface area contributed by atoms with Gasteiger partial charge in [0.25, 0.3) is 0 Å². The van der Waals surface area contributed by atoms with Crippen LogP contribution in [0.25, 0.3) is 0 Å². The Hall–Kier alpha value is -2.12. The molecule has 0 amide bonds. The monoisotopic (exact) mass is 244 g/mol. The molecular formula is C12H9ClN4. The van der Waals surface area contributed by atoms with Gasteiger partial charge in [-0.1, -0.05) is 17.7 Å². The molecule has 0 aliphatic rings. The van der Waals surface area contributed by atoms with Crippen molar-refractivity contribution < 1.29 is 0 Å². The molecule has 1 heterocycles. The van der Waals surface area contributed by atoms with Crippen LogP contribution in [0.2, 0.25) is 5.15 Å². The molecule has 0 bridgehead atoms. The van der Waals surface area contributed by atoms with Crippen molar-refractivity contribution >= 4 is 23.1 Å². The number of hydrogen-bond acceptors (Lipinski definition) is 4. The Kier molecular flexibility index (Phi) is 3.22. The van der Waals surface area contributed by atoms with Gasteiger partial charge in [0.15, 0.2) is 0 Å². The van der Waals surface area contributed by atoms with Gasteiger partial charge in [-0.15, -0.1) is 0 Å². The Balaban J connectivity index is 2.37. The highest BCUT2D eigenvalue weighted by Crippen LogP contribution is 2.23. The molecular weight excluding hydrogens is 236 g/mol. The lowest BCUT2D eigenvalue weighted by atomic mass is 10.2. The largest absolute Gasteiger partial charge is 0.329 e. The van der Waals surface area contributed by atoms with Crippen molar-refractivity contribution in [2.75, 3.05) is 11.9 Å². The van der Waals surface area contributed by atoms with E-state index in [1.54, 1.807) is 18.2 Å². The second-order valence-corrected chi connectivity index (χ2v) is 3.81. The average molecular weight is 245 g/mol. The first kappa shape index (κ1) is 11.4. The minimum absolute atomic E-state index is 0.387. The molecule has 0 N–H and O–H groups in total. The summed E-state index contributed by atoms with van der Waals surface area (Å²) < 4.78 is 0. The molecule has 0 spiro atoms. The number of anilines is 2. The van der Waals surface area contributed by atoms with Crippen LogP contribution in [0.1, 0.15) is 5.56 Å². The summed E-state index contributed by atoms with van der Waals surface area (Å²) in [5.41, 5.74) is 1.48. The lowest BCUT2D eigenvalue weighted by molar-refractivity contribution is 1.08. The van der Waals surface area contributed by atoms with Gasteiger partial charge < -0.3 is 4.90 Å². The van der Waals surface area contributed by atoms with Gasteiger partial charge in [0, 0.05) is 18.8 Å². The summed E-state index contributed by atoms with van der Waals surface area (Å²) in [5.74, 6) is 0.681. The third kappa shape index (κ3) is 2.52. The summed E-state index contributed by atoms with van der Waals surface area (Å²) in [4.78, 5) is 9.79. The normalized spacial score (nSPS) is 9.71. The third-order valence-electron chi connectivity index (χ3n) is 2.33. The quantitative estimate of drug-likeness (QED) is 0.763. The zero-order chi connectivity index (χ0) is 12.3. The van der Waals surface area contributed by atoms with Gasteiger partial charge in [-0.05, 0) is 18.2 Å². The number of rotatable bonds is 2. The SMILES string of the molecule is CN(c1cccc(C#N)c1)c1cc(Cl)ncn1. The van der Waals surface area contributed by atoms with Crippen LogP contribution in [0.15, 0.2) is 36.7 Å². The Morgan fingerprint density at radius 2 is 2.12 bits per heavy atom. The molecule has 2 rings (SSSR count). The fourth-order valence-electron chi connectivity index (χ4n) is 1.42. The lowest BCUT2D eigenvalue weighted by Crippen LogP contribution is -2.11. The first-order valence-electron chi connectivity index (χ1n) is 4.92. The average Bonchev–Trinajstić information content (AvgIpc) is 2.38. The van der Waals surface area contributed by atoms with Gasteiger partial charge in [0.05, 0.1) is 11.6 Å². The molecule has 0 fully saturated rings. The number of nitriles is 1. The zero-order valence-corrected chi connectivity index (χ0v) is 9.89. The molecule has 0 saturated heterocycles. The second kappa shape index (κ2) is 4.81. The molecule has 0 aliphatic heterocycles. The van der Waals surface area contributed by atoms with Crippen LogP contribution in [-0.2, 0) is 0 Å². The van der Waals surface area contributed by atoms with Crippen molar-refractivity contribution in [1.29, 1.82) is 5.26 Å². The van der Waals surface area contributed by atoms with Crippen molar-refractivity contribution in [1.82, 2.24) is 9.97 Å². The second-order valence-electron chi connectivity index (χ2n) is 3.42. The first-order valence-corrected chi connectivity index (χ1v) is 5.30. The maximum atomic E-state index is 8.84. The van der Waals surface area contributed by atoms with E-state index in [-0.39, 0.29) is 0 Å². The Bertz CT molecular complexity index is 577. The van der Waals surface area contributed by atoms with Crippen LogP contribution in [-0.4, -0.2) is 17.0 Å². The van der Waals surface area contributed by atoms with E-state index in [0.717, 1.165) is 5.69 Å². The summed E-state index contributed by atoms with van der Waals surface area (Å²) in [6.45, 7) is 0. The maximum absolute atomic E-state index is 8.84. The predicted molar refractivity (Wildman–Crippen MR) is 66.3 cm³/mol. The number of halogens is 1. The topological polar surface area (TPSA) is 52.8 Å². The van der Waals surface area contributed by atoms with Crippen molar-refractivity contribution in [3.05, 3.63) is 47.4 Å². The van der Waals surface area contributed by atoms with Gasteiger partial charge in [-0.25, -0.2) is 9.97 Å². The Morgan fingerprint density at radius 1 is 1.29 bits per heavy atom. The summed E-state index contributed by atoms with van der Waals surface area (Å²) in [6, 6.07) is 11.0. The summed E-state index contributed by atoms with van der Waals surface area (Å²) in [5, 5.41) is 9.23. The molecule has 0 aliphatic carbocycles. The molecule has 0 radical (unpaired) electrons.